The van der Waals surface area contributed by atoms with Gasteiger partial charge in [-0.1, -0.05) is 66.7 Å². The molecule has 134 valence electrons. The van der Waals surface area contributed by atoms with Crippen molar-refractivity contribution in [3.05, 3.63) is 106 Å². The molecule has 0 fully saturated rings. The SMILES string of the molecule is O=c1c(/C=C2\C=Nc3ccccc32)c(-c2ccccc2)[nH]n1-c1ccccc1. The fraction of sp³-hybridized carbons (Fsp3) is 0. The van der Waals surface area contributed by atoms with Gasteiger partial charge in [0.15, 0.2) is 0 Å². The fourth-order valence-corrected chi connectivity index (χ4v) is 3.48. The molecule has 0 unspecified atom stereocenters. The number of hydrogen-bond donors (Lipinski definition) is 1. The summed E-state index contributed by atoms with van der Waals surface area (Å²) in [6.07, 6.45) is 3.74. The Hall–Kier alpha value is -3.92. The van der Waals surface area contributed by atoms with Crippen LogP contribution in [0.15, 0.2) is 94.7 Å². The molecule has 0 aliphatic carbocycles. The van der Waals surface area contributed by atoms with Crippen molar-refractivity contribution in [1.29, 1.82) is 0 Å². The minimum atomic E-state index is -0.0877. The van der Waals surface area contributed by atoms with Gasteiger partial charge in [0, 0.05) is 22.9 Å². The number of hydrogen-bond acceptors (Lipinski definition) is 2. The van der Waals surface area contributed by atoms with Crippen molar-refractivity contribution in [3.63, 3.8) is 0 Å². The van der Waals surface area contributed by atoms with Crippen molar-refractivity contribution in [3.8, 4) is 16.9 Å². The zero-order valence-corrected chi connectivity index (χ0v) is 15.0. The average Bonchev–Trinajstić information content (AvgIpc) is 3.31. The summed E-state index contributed by atoms with van der Waals surface area (Å²) >= 11 is 0. The van der Waals surface area contributed by atoms with Gasteiger partial charge in [0.1, 0.15) is 0 Å². The maximum Gasteiger partial charge on any atom is 0.279 e. The van der Waals surface area contributed by atoms with E-state index < -0.39 is 0 Å². The summed E-state index contributed by atoms with van der Waals surface area (Å²) in [7, 11) is 0. The van der Waals surface area contributed by atoms with E-state index in [1.54, 1.807) is 4.68 Å². The molecule has 0 saturated carbocycles. The van der Waals surface area contributed by atoms with E-state index in [0.717, 1.165) is 33.8 Å². The topological polar surface area (TPSA) is 50.1 Å². The second kappa shape index (κ2) is 6.67. The summed E-state index contributed by atoms with van der Waals surface area (Å²) in [6.45, 7) is 0. The van der Waals surface area contributed by atoms with Gasteiger partial charge >= 0.3 is 0 Å². The van der Waals surface area contributed by atoms with Crippen molar-refractivity contribution < 1.29 is 0 Å². The van der Waals surface area contributed by atoms with Crippen molar-refractivity contribution >= 4 is 23.6 Å². The fourth-order valence-electron chi connectivity index (χ4n) is 3.48. The van der Waals surface area contributed by atoms with Gasteiger partial charge in [-0.3, -0.25) is 14.9 Å². The molecule has 1 aliphatic heterocycles. The van der Waals surface area contributed by atoms with Gasteiger partial charge in [-0.15, -0.1) is 0 Å². The molecular formula is C24H17N3O. The lowest BCUT2D eigenvalue weighted by Gasteiger charge is -2.02. The monoisotopic (exact) mass is 363 g/mol. The molecule has 1 N–H and O–H groups in total. The number of nitrogens with one attached hydrogen (secondary N) is 1. The van der Waals surface area contributed by atoms with E-state index >= 15 is 0 Å². The molecule has 0 bridgehead atoms. The summed E-state index contributed by atoms with van der Waals surface area (Å²) in [5, 5.41) is 3.30. The first-order chi connectivity index (χ1) is 13.8. The van der Waals surface area contributed by atoms with Crippen molar-refractivity contribution in [2.45, 2.75) is 0 Å². The summed E-state index contributed by atoms with van der Waals surface area (Å²) in [6, 6.07) is 27.5. The molecule has 5 rings (SSSR count). The number of aliphatic imine (C=N–C) groups is 1. The maximum absolute atomic E-state index is 13.3. The predicted octanol–water partition coefficient (Wildman–Crippen LogP) is 5.09. The molecule has 4 nitrogen and oxygen atoms in total. The first-order valence-corrected chi connectivity index (χ1v) is 9.12. The van der Waals surface area contributed by atoms with Gasteiger partial charge in [0.2, 0.25) is 0 Å². The second-order valence-electron chi connectivity index (χ2n) is 6.62. The van der Waals surface area contributed by atoms with E-state index in [4.69, 9.17) is 0 Å². The van der Waals surface area contributed by atoms with Crippen molar-refractivity contribution in [1.82, 2.24) is 9.78 Å². The minimum absolute atomic E-state index is 0.0877. The Morgan fingerprint density at radius 1 is 0.821 bits per heavy atom. The number of fused-ring (bicyclic) bond motifs is 1. The minimum Gasteiger partial charge on any atom is -0.290 e. The van der Waals surface area contributed by atoms with Crippen LogP contribution in [0.5, 0.6) is 0 Å². The third kappa shape index (κ3) is 2.72. The number of H-pyrrole nitrogens is 1. The lowest BCUT2D eigenvalue weighted by atomic mass is 10.0. The van der Waals surface area contributed by atoms with Crippen LogP contribution < -0.4 is 5.56 Å². The highest BCUT2D eigenvalue weighted by Gasteiger charge is 2.18. The summed E-state index contributed by atoms with van der Waals surface area (Å²) in [5.74, 6) is 0. The van der Waals surface area contributed by atoms with E-state index in [1.807, 2.05) is 97.2 Å². The lowest BCUT2D eigenvalue weighted by molar-refractivity contribution is 0.852. The Kier molecular flexibility index (Phi) is 3.87. The molecule has 1 aromatic heterocycles. The van der Waals surface area contributed by atoms with Crippen LogP contribution in [0.25, 0.3) is 28.6 Å². The normalized spacial score (nSPS) is 13.8. The first kappa shape index (κ1) is 16.3. The van der Waals surface area contributed by atoms with Crippen LogP contribution >= 0.6 is 0 Å². The standard InChI is InChI=1S/C24H17N3O/c28-24-21(15-18-16-25-22-14-8-7-13-20(18)22)23(17-9-3-1-4-10-17)26-27(24)19-11-5-2-6-12-19/h1-16,26H/b18-15+. The van der Waals surface area contributed by atoms with Crippen LogP contribution in [-0.4, -0.2) is 16.0 Å². The number of para-hydroxylation sites is 2. The maximum atomic E-state index is 13.3. The van der Waals surface area contributed by atoms with Gasteiger partial charge in [-0.05, 0) is 24.3 Å². The number of rotatable bonds is 3. The summed E-state index contributed by atoms with van der Waals surface area (Å²) in [4.78, 5) is 17.8. The molecule has 0 spiro atoms. The molecule has 4 heteroatoms. The van der Waals surface area contributed by atoms with E-state index in [2.05, 4.69) is 10.1 Å². The number of aromatic amines is 1. The van der Waals surface area contributed by atoms with E-state index in [-0.39, 0.29) is 5.56 Å². The highest BCUT2D eigenvalue weighted by molar-refractivity contribution is 6.21. The van der Waals surface area contributed by atoms with Gasteiger partial charge in [-0.25, -0.2) is 4.68 Å². The summed E-state index contributed by atoms with van der Waals surface area (Å²) in [5.41, 5.74) is 5.98. The molecule has 0 saturated heterocycles. The van der Waals surface area contributed by atoms with E-state index in [9.17, 15) is 4.79 Å². The zero-order chi connectivity index (χ0) is 18.9. The molecule has 28 heavy (non-hydrogen) atoms. The van der Waals surface area contributed by atoms with Crippen LogP contribution in [0, 0.1) is 0 Å². The molecule has 4 aromatic rings. The second-order valence-corrected chi connectivity index (χ2v) is 6.62. The summed E-state index contributed by atoms with van der Waals surface area (Å²) < 4.78 is 1.59. The van der Waals surface area contributed by atoms with Gasteiger partial charge in [-0.2, -0.15) is 0 Å². The van der Waals surface area contributed by atoms with Crippen molar-refractivity contribution in [2.24, 2.45) is 4.99 Å². The third-order valence-electron chi connectivity index (χ3n) is 4.86. The van der Waals surface area contributed by atoms with Crippen LogP contribution in [0.2, 0.25) is 0 Å². The van der Waals surface area contributed by atoms with Crippen LogP contribution in [0.1, 0.15) is 11.1 Å². The quantitative estimate of drug-likeness (QED) is 0.542. The van der Waals surface area contributed by atoms with Crippen LogP contribution in [0.3, 0.4) is 0 Å². The number of aromatic nitrogens is 2. The molecule has 0 amide bonds. The Bertz CT molecular complexity index is 1260. The highest BCUT2D eigenvalue weighted by atomic mass is 16.1. The van der Waals surface area contributed by atoms with Crippen LogP contribution in [-0.2, 0) is 0 Å². The highest BCUT2D eigenvalue weighted by Crippen LogP contribution is 2.33. The zero-order valence-electron chi connectivity index (χ0n) is 15.0. The molecule has 2 heterocycles. The molecule has 3 aromatic carbocycles. The Labute approximate surface area is 162 Å². The number of allylic oxidation sites excluding steroid dienone is 1. The molecular weight excluding hydrogens is 346 g/mol. The van der Waals surface area contributed by atoms with E-state index in [0.29, 0.717) is 5.56 Å². The Morgan fingerprint density at radius 2 is 1.50 bits per heavy atom. The Morgan fingerprint density at radius 3 is 2.29 bits per heavy atom. The molecule has 1 aliphatic rings. The molecule has 0 radical (unpaired) electrons. The number of benzene rings is 3. The van der Waals surface area contributed by atoms with Gasteiger partial charge in [0.25, 0.3) is 5.56 Å². The van der Waals surface area contributed by atoms with E-state index in [1.165, 1.54) is 0 Å². The van der Waals surface area contributed by atoms with Gasteiger partial charge in [0.05, 0.1) is 22.6 Å². The largest absolute Gasteiger partial charge is 0.290 e. The van der Waals surface area contributed by atoms with Crippen LogP contribution in [0.4, 0.5) is 5.69 Å². The smallest absolute Gasteiger partial charge is 0.279 e. The molecule has 0 atom stereocenters. The first-order valence-electron chi connectivity index (χ1n) is 9.12. The Balaban J connectivity index is 1.73. The predicted molar refractivity (Wildman–Crippen MR) is 114 cm³/mol. The third-order valence-corrected chi connectivity index (χ3v) is 4.86. The average molecular weight is 363 g/mol. The van der Waals surface area contributed by atoms with Gasteiger partial charge < -0.3 is 0 Å². The number of nitrogens with zero attached hydrogens (tertiary/aromatic N) is 2. The van der Waals surface area contributed by atoms with Crippen molar-refractivity contribution in [2.75, 3.05) is 0 Å². The lowest BCUT2D eigenvalue weighted by Crippen LogP contribution is -2.15.